The second-order valence-corrected chi connectivity index (χ2v) is 4.31. The molecule has 2 aromatic rings. The number of hydrogen-bond donors (Lipinski definition) is 1. The molecule has 1 heterocycles. The Morgan fingerprint density at radius 1 is 1.22 bits per heavy atom. The molecule has 1 aromatic carbocycles. The lowest BCUT2D eigenvalue weighted by molar-refractivity contribution is 0.184. The van der Waals surface area contributed by atoms with Crippen LogP contribution in [0.3, 0.4) is 0 Å². The molecular formula is C15H17NO2. The Morgan fingerprint density at radius 2 is 2.06 bits per heavy atom. The maximum Gasteiger partial charge on any atom is 0.106 e. The van der Waals surface area contributed by atoms with Gasteiger partial charge in [-0.2, -0.15) is 0 Å². The fourth-order valence-corrected chi connectivity index (χ4v) is 1.85. The summed E-state index contributed by atoms with van der Waals surface area (Å²) in [6.07, 6.45) is 1.07. The van der Waals surface area contributed by atoms with Gasteiger partial charge in [0, 0.05) is 24.6 Å². The Morgan fingerprint density at radius 3 is 2.72 bits per heavy atom. The van der Waals surface area contributed by atoms with Crippen LogP contribution in [0, 0.1) is 6.92 Å². The number of methoxy groups -OCH3 is 1. The number of aryl methyl sites for hydroxylation is 1. The summed E-state index contributed by atoms with van der Waals surface area (Å²) < 4.78 is 5.09. The lowest BCUT2D eigenvalue weighted by Gasteiger charge is -2.12. The summed E-state index contributed by atoms with van der Waals surface area (Å²) in [5.41, 5.74) is 3.65. The number of rotatable bonds is 4. The molecule has 18 heavy (non-hydrogen) atoms. The Balaban J connectivity index is 2.24. The third-order valence-corrected chi connectivity index (χ3v) is 2.83. The molecule has 94 valence electrons. The highest BCUT2D eigenvalue weighted by molar-refractivity contribution is 5.31. The summed E-state index contributed by atoms with van der Waals surface area (Å²) >= 11 is 0. The summed E-state index contributed by atoms with van der Waals surface area (Å²) in [6.45, 7) is 2.47. The quantitative estimate of drug-likeness (QED) is 0.897. The highest BCUT2D eigenvalue weighted by Crippen LogP contribution is 2.22. The highest BCUT2D eigenvalue weighted by Gasteiger charge is 2.10. The highest BCUT2D eigenvalue weighted by atomic mass is 16.5. The van der Waals surface area contributed by atoms with E-state index in [2.05, 4.69) is 4.98 Å². The number of nitrogens with zero attached hydrogens (tertiary/aromatic N) is 1. The first kappa shape index (κ1) is 12.7. The lowest BCUT2D eigenvalue weighted by Crippen LogP contribution is -2.01. The summed E-state index contributed by atoms with van der Waals surface area (Å²) in [6, 6.07) is 11.6. The van der Waals surface area contributed by atoms with Crippen LogP contribution < -0.4 is 0 Å². The first-order chi connectivity index (χ1) is 8.70. The van der Waals surface area contributed by atoms with Crippen molar-refractivity contribution in [3.05, 3.63) is 65.0 Å². The Labute approximate surface area is 107 Å². The van der Waals surface area contributed by atoms with E-state index in [1.54, 1.807) is 13.3 Å². The SMILES string of the molecule is COCc1cccc(C(O)c2ccc(C)nc2)c1. The molecular weight excluding hydrogens is 226 g/mol. The minimum absolute atomic E-state index is 0.548. The fourth-order valence-electron chi connectivity index (χ4n) is 1.85. The minimum Gasteiger partial charge on any atom is -0.384 e. The van der Waals surface area contributed by atoms with E-state index >= 15 is 0 Å². The normalized spacial score (nSPS) is 12.4. The van der Waals surface area contributed by atoms with Gasteiger partial charge in [-0.3, -0.25) is 4.98 Å². The standard InChI is InChI=1S/C15H17NO2/c1-11-6-7-14(9-16-11)15(17)13-5-3-4-12(8-13)10-18-2/h3-9,15,17H,10H2,1-2H3. The van der Waals surface area contributed by atoms with Crippen molar-refractivity contribution in [2.45, 2.75) is 19.6 Å². The van der Waals surface area contributed by atoms with E-state index in [1.807, 2.05) is 43.3 Å². The van der Waals surface area contributed by atoms with Crippen LogP contribution in [0.1, 0.15) is 28.5 Å². The molecule has 3 nitrogen and oxygen atoms in total. The van der Waals surface area contributed by atoms with E-state index in [-0.39, 0.29) is 0 Å². The van der Waals surface area contributed by atoms with Gasteiger partial charge in [-0.25, -0.2) is 0 Å². The van der Waals surface area contributed by atoms with Gasteiger partial charge in [-0.1, -0.05) is 30.3 Å². The first-order valence-corrected chi connectivity index (χ1v) is 5.89. The smallest absolute Gasteiger partial charge is 0.106 e. The zero-order valence-corrected chi connectivity index (χ0v) is 10.6. The Hall–Kier alpha value is -1.71. The Bertz CT molecular complexity index is 508. The summed E-state index contributed by atoms with van der Waals surface area (Å²) in [7, 11) is 1.66. The van der Waals surface area contributed by atoms with Crippen molar-refractivity contribution < 1.29 is 9.84 Å². The molecule has 0 saturated heterocycles. The van der Waals surface area contributed by atoms with E-state index < -0.39 is 6.10 Å². The monoisotopic (exact) mass is 243 g/mol. The number of ether oxygens (including phenoxy) is 1. The topological polar surface area (TPSA) is 42.4 Å². The van der Waals surface area contributed by atoms with Crippen molar-refractivity contribution >= 4 is 0 Å². The Kier molecular flexibility index (Phi) is 4.07. The van der Waals surface area contributed by atoms with Gasteiger partial charge in [0.05, 0.1) is 6.61 Å². The molecule has 1 atom stereocenters. The number of aliphatic hydroxyl groups excluding tert-OH is 1. The van der Waals surface area contributed by atoms with Crippen molar-refractivity contribution in [3.63, 3.8) is 0 Å². The summed E-state index contributed by atoms with van der Waals surface area (Å²) in [5, 5.41) is 10.3. The average molecular weight is 243 g/mol. The predicted octanol–water partition coefficient (Wildman–Crippen LogP) is 2.62. The number of hydrogen-bond acceptors (Lipinski definition) is 3. The molecule has 0 spiro atoms. The summed E-state index contributed by atoms with van der Waals surface area (Å²) in [5.74, 6) is 0. The number of benzene rings is 1. The van der Waals surface area contributed by atoms with E-state index in [0.29, 0.717) is 6.61 Å². The third kappa shape index (κ3) is 2.94. The van der Waals surface area contributed by atoms with Gasteiger partial charge >= 0.3 is 0 Å². The molecule has 1 aromatic heterocycles. The molecule has 0 fully saturated rings. The molecule has 1 N–H and O–H groups in total. The van der Waals surface area contributed by atoms with Crippen LogP contribution in [0.5, 0.6) is 0 Å². The van der Waals surface area contributed by atoms with Gasteiger partial charge < -0.3 is 9.84 Å². The van der Waals surface area contributed by atoms with Crippen LogP contribution >= 0.6 is 0 Å². The zero-order valence-electron chi connectivity index (χ0n) is 10.6. The van der Waals surface area contributed by atoms with E-state index in [1.165, 1.54) is 0 Å². The van der Waals surface area contributed by atoms with Gasteiger partial charge in [-0.15, -0.1) is 0 Å². The van der Waals surface area contributed by atoms with Crippen LogP contribution in [0.15, 0.2) is 42.6 Å². The predicted molar refractivity (Wildman–Crippen MR) is 70.2 cm³/mol. The van der Waals surface area contributed by atoms with Crippen molar-refractivity contribution in [1.82, 2.24) is 4.98 Å². The van der Waals surface area contributed by atoms with E-state index in [4.69, 9.17) is 4.74 Å². The molecule has 0 radical (unpaired) electrons. The van der Waals surface area contributed by atoms with Gasteiger partial charge in [-0.05, 0) is 24.1 Å². The molecule has 3 heteroatoms. The van der Waals surface area contributed by atoms with Crippen molar-refractivity contribution in [2.24, 2.45) is 0 Å². The molecule has 0 aliphatic heterocycles. The minimum atomic E-state index is -0.644. The van der Waals surface area contributed by atoms with Crippen LogP contribution in [0.4, 0.5) is 0 Å². The van der Waals surface area contributed by atoms with Crippen LogP contribution in [-0.2, 0) is 11.3 Å². The van der Waals surface area contributed by atoms with Gasteiger partial charge in [0.2, 0.25) is 0 Å². The summed E-state index contributed by atoms with van der Waals surface area (Å²) in [4.78, 5) is 4.20. The van der Waals surface area contributed by atoms with Crippen molar-refractivity contribution in [2.75, 3.05) is 7.11 Å². The molecule has 0 saturated carbocycles. The number of pyridine rings is 1. The van der Waals surface area contributed by atoms with Crippen LogP contribution in [0.25, 0.3) is 0 Å². The molecule has 0 aliphatic rings. The van der Waals surface area contributed by atoms with Crippen molar-refractivity contribution in [1.29, 1.82) is 0 Å². The second kappa shape index (κ2) is 5.76. The maximum atomic E-state index is 10.3. The molecule has 0 amide bonds. The molecule has 2 rings (SSSR count). The average Bonchev–Trinajstić information content (AvgIpc) is 2.39. The van der Waals surface area contributed by atoms with Crippen LogP contribution in [0.2, 0.25) is 0 Å². The lowest BCUT2D eigenvalue weighted by atomic mass is 10.0. The third-order valence-electron chi connectivity index (χ3n) is 2.83. The molecule has 1 unspecified atom stereocenters. The molecule has 0 aliphatic carbocycles. The van der Waals surface area contributed by atoms with Gasteiger partial charge in [0.1, 0.15) is 6.10 Å². The zero-order chi connectivity index (χ0) is 13.0. The van der Waals surface area contributed by atoms with E-state index in [0.717, 1.165) is 22.4 Å². The van der Waals surface area contributed by atoms with Gasteiger partial charge in [0.25, 0.3) is 0 Å². The van der Waals surface area contributed by atoms with Crippen LogP contribution in [-0.4, -0.2) is 17.2 Å². The first-order valence-electron chi connectivity index (χ1n) is 5.89. The number of aliphatic hydroxyl groups is 1. The fraction of sp³-hybridized carbons (Fsp3) is 0.267. The number of aromatic nitrogens is 1. The maximum absolute atomic E-state index is 10.3. The van der Waals surface area contributed by atoms with Gasteiger partial charge in [0.15, 0.2) is 0 Å². The van der Waals surface area contributed by atoms with Crippen molar-refractivity contribution in [3.8, 4) is 0 Å². The largest absolute Gasteiger partial charge is 0.384 e. The van der Waals surface area contributed by atoms with E-state index in [9.17, 15) is 5.11 Å². The second-order valence-electron chi connectivity index (χ2n) is 4.31. The molecule has 0 bridgehead atoms.